The van der Waals surface area contributed by atoms with Gasteiger partial charge in [0, 0.05) is 37.3 Å². The van der Waals surface area contributed by atoms with E-state index in [0.29, 0.717) is 12.5 Å². The average molecular weight is 429 g/mol. The molecule has 0 aliphatic carbocycles. The summed E-state index contributed by atoms with van der Waals surface area (Å²) in [5, 5.41) is 3.12. The van der Waals surface area contributed by atoms with E-state index in [4.69, 9.17) is 4.98 Å². The third-order valence-corrected chi connectivity index (χ3v) is 6.22. The molecule has 2 aromatic carbocycles. The Balaban J connectivity index is 1.31. The third kappa shape index (κ3) is 5.34. The van der Waals surface area contributed by atoms with Gasteiger partial charge in [-0.3, -0.25) is 4.79 Å². The Kier molecular flexibility index (Phi) is 6.84. The first kappa shape index (κ1) is 22.0. The zero-order chi connectivity index (χ0) is 22.5. The Morgan fingerprint density at radius 3 is 2.53 bits per heavy atom. The number of anilines is 1. The SMILES string of the molecule is Cc1cccc(-c2nccc(N3CCC(C(=O)NCc4ccc(C(C)C)cc4)CC3)n2)c1. The van der Waals surface area contributed by atoms with Crippen LogP contribution in [0.4, 0.5) is 5.82 Å². The van der Waals surface area contributed by atoms with Crippen molar-refractivity contribution < 1.29 is 4.79 Å². The van der Waals surface area contributed by atoms with Crippen LogP contribution < -0.4 is 10.2 Å². The molecule has 2 heterocycles. The molecule has 0 unspecified atom stereocenters. The van der Waals surface area contributed by atoms with Gasteiger partial charge in [-0.05, 0) is 48.9 Å². The van der Waals surface area contributed by atoms with Crippen LogP contribution in [0, 0.1) is 12.8 Å². The van der Waals surface area contributed by atoms with Crippen molar-refractivity contribution in [3.63, 3.8) is 0 Å². The van der Waals surface area contributed by atoms with Crippen molar-refractivity contribution in [3.05, 3.63) is 77.5 Å². The van der Waals surface area contributed by atoms with Gasteiger partial charge in [-0.15, -0.1) is 0 Å². The van der Waals surface area contributed by atoms with Crippen molar-refractivity contribution in [2.24, 2.45) is 5.92 Å². The van der Waals surface area contributed by atoms with Crippen molar-refractivity contribution in [1.29, 1.82) is 0 Å². The van der Waals surface area contributed by atoms with Crippen LogP contribution in [-0.4, -0.2) is 29.0 Å². The highest BCUT2D eigenvalue weighted by Crippen LogP contribution is 2.24. The van der Waals surface area contributed by atoms with Gasteiger partial charge in [0.25, 0.3) is 0 Å². The fraction of sp³-hybridized carbons (Fsp3) is 0.370. The molecule has 1 aliphatic rings. The molecule has 1 aromatic heterocycles. The van der Waals surface area contributed by atoms with E-state index in [1.165, 1.54) is 11.1 Å². The number of aryl methyl sites for hydroxylation is 1. The van der Waals surface area contributed by atoms with Gasteiger partial charge in [-0.2, -0.15) is 0 Å². The van der Waals surface area contributed by atoms with Gasteiger partial charge >= 0.3 is 0 Å². The summed E-state index contributed by atoms with van der Waals surface area (Å²) in [6, 6.07) is 18.7. The second-order valence-corrected chi connectivity index (χ2v) is 8.98. The number of benzene rings is 2. The van der Waals surface area contributed by atoms with E-state index in [0.717, 1.165) is 48.7 Å². The maximum absolute atomic E-state index is 12.7. The van der Waals surface area contributed by atoms with Gasteiger partial charge in [0.05, 0.1) is 0 Å². The standard InChI is InChI=1S/C27H32N4O/c1-19(2)22-9-7-21(8-10-22)18-29-27(32)23-12-15-31(16-13-23)25-11-14-28-26(30-25)24-6-4-5-20(3)17-24/h4-11,14,17,19,23H,12-13,15-16,18H2,1-3H3,(H,29,32). The summed E-state index contributed by atoms with van der Waals surface area (Å²) in [6.45, 7) is 8.69. The summed E-state index contributed by atoms with van der Waals surface area (Å²) in [4.78, 5) is 24.2. The molecule has 3 aromatic rings. The first-order chi connectivity index (χ1) is 15.5. The van der Waals surface area contributed by atoms with Gasteiger partial charge in [-0.25, -0.2) is 9.97 Å². The highest BCUT2D eigenvalue weighted by atomic mass is 16.1. The molecule has 5 nitrogen and oxygen atoms in total. The minimum Gasteiger partial charge on any atom is -0.356 e. The van der Waals surface area contributed by atoms with Gasteiger partial charge in [0.2, 0.25) is 5.91 Å². The highest BCUT2D eigenvalue weighted by molar-refractivity contribution is 5.79. The Hall–Kier alpha value is -3.21. The lowest BCUT2D eigenvalue weighted by atomic mass is 9.95. The number of carbonyl (C=O) groups is 1. The Labute approximate surface area is 190 Å². The second kappa shape index (κ2) is 9.94. The summed E-state index contributed by atoms with van der Waals surface area (Å²) in [5.74, 6) is 2.40. The molecule has 1 N–H and O–H groups in total. The normalized spacial score (nSPS) is 14.6. The van der Waals surface area contributed by atoms with Gasteiger partial charge < -0.3 is 10.2 Å². The number of nitrogens with zero attached hydrogens (tertiary/aromatic N) is 3. The molecule has 1 amide bonds. The number of aromatic nitrogens is 2. The Bertz CT molecular complexity index is 1050. The van der Waals surface area contributed by atoms with Crippen molar-refractivity contribution in [3.8, 4) is 11.4 Å². The molecule has 32 heavy (non-hydrogen) atoms. The molecule has 166 valence electrons. The molecule has 0 saturated carbocycles. The van der Waals surface area contributed by atoms with Crippen LogP contribution in [0.3, 0.4) is 0 Å². The number of nitrogens with one attached hydrogen (secondary N) is 1. The van der Waals surface area contributed by atoms with E-state index in [9.17, 15) is 4.79 Å². The van der Waals surface area contributed by atoms with E-state index < -0.39 is 0 Å². The molecule has 1 aliphatic heterocycles. The molecule has 5 heteroatoms. The monoisotopic (exact) mass is 428 g/mol. The number of carbonyl (C=O) groups excluding carboxylic acids is 1. The highest BCUT2D eigenvalue weighted by Gasteiger charge is 2.25. The molecular formula is C27H32N4O. The predicted octanol–water partition coefficient (Wildman–Crippen LogP) is 5.11. The van der Waals surface area contributed by atoms with Crippen LogP contribution in [0.1, 0.15) is 49.3 Å². The summed E-state index contributed by atoms with van der Waals surface area (Å²) >= 11 is 0. The van der Waals surface area contributed by atoms with Crippen LogP contribution >= 0.6 is 0 Å². The van der Waals surface area contributed by atoms with Gasteiger partial charge in [-0.1, -0.05) is 61.9 Å². The molecule has 0 atom stereocenters. The molecule has 0 bridgehead atoms. The van der Waals surface area contributed by atoms with Crippen molar-refractivity contribution in [2.45, 2.75) is 46.1 Å². The van der Waals surface area contributed by atoms with Crippen LogP contribution in [0.25, 0.3) is 11.4 Å². The quantitative estimate of drug-likeness (QED) is 0.593. The fourth-order valence-corrected chi connectivity index (χ4v) is 4.17. The van der Waals surface area contributed by atoms with E-state index in [1.54, 1.807) is 0 Å². The lowest BCUT2D eigenvalue weighted by molar-refractivity contribution is -0.125. The van der Waals surface area contributed by atoms with Crippen molar-refractivity contribution in [1.82, 2.24) is 15.3 Å². The smallest absolute Gasteiger partial charge is 0.223 e. The van der Waals surface area contributed by atoms with E-state index in [2.05, 4.69) is 72.4 Å². The lowest BCUT2D eigenvalue weighted by Crippen LogP contribution is -2.40. The predicted molar refractivity (Wildman–Crippen MR) is 130 cm³/mol. The number of hydrogen-bond donors (Lipinski definition) is 1. The molecule has 1 fully saturated rings. The summed E-state index contributed by atoms with van der Waals surface area (Å²) in [7, 11) is 0. The maximum Gasteiger partial charge on any atom is 0.223 e. The van der Waals surface area contributed by atoms with Crippen molar-refractivity contribution >= 4 is 11.7 Å². The van der Waals surface area contributed by atoms with E-state index in [1.807, 2.05) is 24.4 Å². The fourth-order valence-electron chi connectivity index (χ4n) is 4.17. The van der Waals surface area contributed by atoms with Crippen molar-refractivity contribution in [2.75, 3.05) is 18.0 Å². The minimum atomic E-state index is 0.0549. The molecular weight excluding hydrogens is 396 g/mol. The molecule has 1 saturated heterocycles. The summed E-state index contributed by atoms with van der Waals surface area (Å²) in [6.07, 6.45) is 3.49. The summed E-state index contributed by atoms with van der Waals surface area (Å²) < 4.78 is 0. The summed E-state index contributed by atoms with van der Waals surface area (Å²) in [5.41, 5.74) is 4.69. The zero-order valence-corrected chi connectivity index (χ0v) is 19.2. The minimum absolute atomic E-state index is 0.0549. The number of rotatable bonds is 6. The van der Waals surface area contributed by atoms with E-state index in [-0.39, 0.29) is 11.8 Å². The number of piperidine rings is 1. The van der Waals surface area contributed by atoms with Crippen LogP contribution in [0.2, 0.25) is 0 Å². The lowest BCUT2D eigenvalue weighted by Gasteiger charge is -2.32. The third-order valence-electron chi connectivity index (χ3n) is 6.22. The number of amides is 1. The maximum atomic E-state index is 12.7. The Morgan fingerprint density at radius 2 is 1.84 bits per heavy atom. The largest absolute Gasteiger partial charge is 0.356 e. The van der Waals surface area contributed by atoms with E-state index >= 15 is 0 Å². The van der Waals surface area contributed by atoms with Gasteiger partial charge in [0.15, 0.2) is 5.82 Å². The zero-order valence-electron chi connectivity index (χ0n) is 19.2. The first-order valence-corrected chi connectivity index (χ1v) is 11.5. The number of hydrogen-bond acceptors (Lipinski definition) is 4. The Morgan fingerprint density at radius 1 is 1.09 bits per heavy atom. The second-order valence-electron chi connectivity index (χ2n) is 8.98. The van der Waals surface area contributed by atoms with Crippen LogP contribution in [0.15, 0.2) is 60.8 Å². The molecule has 4 rings (SSSR count). The van der Waals surface area contributed by atoms with Crippen LogP contribution in [0.5, 0.6) is 0 Å². The average Bonchev–Trinajstić information content (AvgIpc) is 2.83. The first-order valence-electron chi connectivity index (χ1n) is 11.5. The molecule has 0 radical (unpaired) electrons. The topological polar surface area (TPSA) is 58.1 Å². The van der Waals surface area contributed by atoms with Gasteiger partial charge in [0.1, 0.15) is 5.82 Å². The molecule has 0 spiro atoms. The van der Waals surface area contributed by atoms with Crippen LogP contribution in [-0.2, 0) is 11.3 Å².